The number of hydrogen-bond acceptors (Lipinski definition) is 8. The van der Waals surface area contributed by atoms with Crippen molar-refractivity contribution in [2.24, 2.45) is 5.41 Å². The van der Waals surface area contributed by atoms with Crippen molar-refractivity contribution < 1.29 is 29.3 Å². The van der Waals surface area contributed by atoms with Crippen molar-refractivity contribution in [3.05, 3.63) is 126 Å². The lowest BCUT2D eigenvalue weighted by molar-refractivity contribution is -0.143. The molecule has 51 heavy (non-hydrogen) atoms. The Balaban J connectivity index is 1.36. The zero-order valence-corrected chi connectivity index (χ0v) is 29.3. The van der Waals surface area contributed by atoms with E-state index in [0.717, 1.165) is 33.4 Å². The summed E-state index contributed by atoms with van der Waals surface area (Å²) in [5.41, 5.74) is 5.94. The van der Waals surface area contributed by atoms with Gasteiger partial charge in [0.05, 0.1) is 19.3 Å². The van der Waals surface area contributed by atoms with E-state index in [1.54, 1.807) is 17.4 Å². The number of carbonyl (C=O) groups is 3. The summed E-state index contributed by atoms with van der Waals surface area (Å²) in [7, 11) is 1.28. The highest BCUT2D eigenvalue weighted by Crippen LogP contribution is 2.32. The van der Waals surface area contributed by atoms with Gasteiger partial charge in [0, 0.05) is 57.7 Å². The Labute approximate surface area is 299 Å². The van der Waals surface area contributed by atoms with Crippen LogP contribution in [0.1, 0.15) is 55.0 Å². The number of pyridine rings is 1. The third-order valence-corrected chi connectivity index (χ3v) is 9.19. The van der Waals surface area contributed by atoms with Gasteiger partial charge < -0.3 is 25.6 Å². The van der Waals surface area contributed by atoms with Crippen LogP contribution >= 0.6 is 0 Å². The molecule has 4 aromatic rings. The van der Waals surface area contributed by atoms with Crippen LogP contribution < -0.4 is 16.1 Å². The molecule has 11 heteroatoms. The van der Waals surface area contributed by atoms with Crippen molar-refractivity contribution >= 4 is 17.9 Å². The minimum absolute atomic E-state index is 0.0258. The number of rotatable bonds is 15. The number of benzene rings is 3. The lowest BCUT2D eigenvalue weighted by Crippen LogP contribution is -2.53. The first-order valence-electron chi connectivity index (χ1n) is 17.1. The number of nitrogens with one attached hydrogen (secondary N) is 3. The molecule has 5 N–H and O–H groups in total. The first kappa shape index (κ1) is 37.2. The van der Waals surface area contributed by atoms with Gasteiger partial charge in [0.25, 0.3) is 5.91 Å². The first-order chi connectivity index (χ1) is 24.4. The van der Waals surface area contributed by atoms with Crippen LogP contribution in [0.5, 0.6) is 0 Å². The summed E-state index contributed by atoms with van der Waals surface area (Å²) in [6.07, 6.45) is 2.60. The molecule has 3 atom stereocenters. The molecule has 5 rings (SSSR count). The predicted octanol–water partition coefficient (Wildman–Crippen LogP) is 4.49. The minimum Gasteiger partial charge on any atom is -0.453 e. The molecule has 0 bridgehead atoms. The number of aromatic nitrogens is 1. The van der Waals surface area contributed by atoms with E-state index in [0.29, 0.717) is 6.42 Å². The van der Waals surface area contributed by atoms with Gasteiger partial charge in [-0.25, -0.2) is 9.80 Å². The molecule has 0 radical (unpaired) electrons. The van der Waals surface area contributed by atoms with Crippen LogP contribution in [-0.2, 0) is 33.7 Å². The summed E-state index contributed by atoms with van der Waals surface area (Å²) in [6.45, 7) is 4.36. The molecule has 3 unspecified atom stereocenters. The summed E-state index contributed by atoms with van der Waals surface area (Å²) in [6, 6.07) is 27.9. The van der Waals surface area contributed by atoms with E-state index in [1.807, 2.05) is 105 Å². The molecule has 0 spiro atoms. The van der Waals surface area contributed by atoms with E-state index in [1.165, 1.54) is 7.11 Å². The summed E-state index contributed by atoms with van der Waals surface area (Å²) in [5.74, 6) is -0.894. The van der Waals surface area contributed by atoms with Crippen LogP contribution in [0.25, 0.3) is 11.1 Å². The third kappa shape index (κ3) is 10.2. The van der Waals surface area contributed by atoms with Gasteiger partial charge in [0.1, 0.15) is 5.60 Å². The molecule has 0 saturated heterocycles. The summed E-state index contributed by atoms with van der Waals surface area (Å²) < 4.78 is 4.68. The number of methoxy groups -OCH3 is 1. The molecular formula is C40H47N5O6. The third-order valence-electron chi connectivity index (χ3n) is 9.19. The zero-order chi connectivity index (χ0) is 36.4. The number of carbonyl (C=O) groups excluding carboxylic acids is 3. The maximum atomic E-state index is 14.1. The van der Waals surface area contributed by atoms with Gasteiger partial charge in [-0.05, 0) is 44.9 Å². The molecule has 1 aliphatic carbocycles. The van der Waals surface area contributed by atoms with Crippen molar-refractivity contribution in [1.29, 1.82) is 0 Å². The van der Waals surface area contributed by atoms with Crippen molar-refractivity contribution in [2.45, 2.75) is 63.8 Å². The molecule has 11 nitrogen and oxygen atoms in total. The second-order valence-electron chi connectivity index (χ2n) is 13.9. The van der Waals surface area contributed by atoms with Crippen molar-refractivity contribution in [3.63, 3.8) is 0 Å². The van der Waals surface area contributed by atoms with Gasteiger partial charge in [-0.1, -0.05) is 98.8 Å². The van der Waals surface area contributed by atoms with E-state index in [2.05, 4.69) is 25.8 Å². The number of aliphatic hydroxyl groups excluding tert-OH is 1. The summed E-state index contributed by atoms with van der Waals surface area (Å²) >= 11 is 0. The number of ether oxygens (including phenoxy) is 1. The molecule has 1 aliphatic rings. The normalized spacial score (nSPS) is 16.5. The monoisotopic (exact) mass is 693 g/mol. The number of alkyl carbamates (subject to hydrolysis) is 1. The van der Waals surface area contributed by atoms with E-state index in [4.69, 9.17) is 0 Å². The topological polar surface area (TPSA) is 153 Å². The quantitative estimate of drug-likeness (QED) is 0.114. The maximum absolute atomic E-state index is 14.1. The SMILES string of the molecule is COC(=O)NCC(C)(C)CC(=O)NN(CCC(O)(Cc1ccccc1)C(=O)NC1c2ccccc2CC1O)Cc1ccc(-c2cccnc2)cc1. The smallest absolute Gasteiger partial charge is 0.406 e. The number of aliphatic hydroxyl groups is 2. The van der Waals surface area contributed by atoms with Gasteiger partial charge in [-0.2, -0.15) is 0 Å². The molecule has 3 amide bonds. The fourth-order valence-electron chi connectivity index (χ4n) is 6.39. The van der Waals surface area contributed by atoms with Gasteiger partial charge in [-0.15, -0.1) is 0 Å². The second-order valence-corrected chi connectivity index (χ2v) is 13.9. The number of hydrazine groups is 1. The highest BCUT2D eigenvalue weighted by molar-refractivity contribution is 5.86. The number of hydrogen-bond donors (Lipinski definition) is 5. The van der Waals surface area contributed by atoms with E-state index < -0.39 is 35.2 Å². The van der Waals surface area contributed by atoms with Crippen molar-refractivity contribution in [2.75, 3.05) is 20.2 Å². The summed E-state index contributed by atoms with van der Waals surface area (Å²) in [4.78, 5) is 43.4. The Morgan fingerprint density at radius 1 is 0.922 bits per heavy atom. The van der Waals surface area contributed by atoms with Crippen LogP contribution in [0.2, 0.25) is 0 Å². The number of amides is 3. The predicted molar refractivity (Wildman–Crippen MR) is 194 cm³/mol. The van der Waals surface area contributed by atoms with Crippen LogP contribution in [0.3, 0.4) is 0 Å². The molecule has 0 saturated carbocycles. The molecule has 1 heterocycles. The van der Waals surface area contributed by atoms with Crippen molar-refractivity contribution in [1.82, 2.24) is 26.1 Å². The van der Waals surface area contributed by atoms with Crippen LogP contribution in [0.15, 0.2) is 103 Å². The fourth-order valence-corrected chi connectivity index (χ4v) is 6.39. The molecule has 0 aliphatic heterocycles. The zero-order valence-electron chi connectivity index (χ0n) is 29.3. The minimum atomic E-state index is -1.88. The Bertz CT molecular complexity index is 1770. The largest absolute Gasteiger partial charge is 0.453 e. The standard InChI is InChI=1S/C40H47N5O6/c1-39(2,27-42-38(49)51-3)24-35(47)44-45(26-29-15-17-30(18-16-29)32-13-9-20-41-25-32)21-19-40(50,23-28-10-5-4-6-11-28)37(48)43-36-33-14-8-7-12-31(33)22-34(36)46/h4-18,20,25,34,36,46,50H,19,21-24,26-27H2,1-3H3,(H,42,49)(H,43,48)(H,44,47). The average Bonchev–Trinajstić information content (AvgIpc) is 3.44. The van der Waals surface area contributed by atoms with Gasteiger partial charge >= 0.3 is 6.09 Å². The summed E-state index contributed by atoms with van der Waals surface area (Å²) in [5, 5.41) is 30.4. The Morgan fingerprint density at radius 3 is 2.35 bits per heavy atom. The Kier molecular flexibility index (Phi) is 12.2. The second kappa shape index (κ2) is 16.7. The number of nitrogens with zero attached hydrogens (tertiary/aromatic N) is 2. The lowest BCUT2D eigenvalue weighted by Gasteiger charge is -2.33. The Hall–Kier alpha value is -5.10. The molecular weight excluding hydrogens is 646 g/mol. The van der Waals surface area contributed by atoms with Crippen LogP contribution in [0.4, 0.5) is 4.79 Å². The first-order valence-corrected chi connectivity index (χ1v) is 17.1. The van der Waals surface area contributed by atoms with Gasteiger partial charge in [0.2, 0.25) is 5.91 Å². The van der Waals surface area contributed by atoms with E-state index in [-0.39, 0.29) is 44.8 Å². The van der Waals surface area contributed by atoms with Crippen molar-refractivity contribution in [3.8, 4) is 11.1 Å². The lowest BCUT2D eigenvalue weighted by atomic mass is 9.89. The molecule has 1 aromatic heterocycles. The van der Waals surface area contributed by atoms with E-state index >= 15 is 0 Å². The highest BCUT2D eigenvalue weighted by Gasteiger charge is 2.41. The van der Waals surface area contributed by atoms with Crippen LogP contribution in [0, 0.1) is 5.41 Å². The van der Waals surface area contributed by atoms with Crippen LogP contribution in [-0.4, -0.2) is 70.0 Å². The van der Waals surface area contributed by atoms with E-state index in [9.17, 15) is 24.6 Å². The maximum Gasteiger partial charge on any atom is 0.406 e. The van der Waals surface area contributed by atoms with Gasteiger partial charge in [0.15, 0.2) is 0 Å². The average molecular weight is 694 g/mol. The Morgan fingerprint density at radius 2 is 1.65 bits per heavy atom. The highest BCUT2D eigenvalue weighted by atomic mass is 16.5. The fraction of sp³-hybridized carbons (Fsp3) is 0.350. The van der Waals surface area contributed by atoms with Gasteiger partial charge in [-0.3, -0.25) is 20.0 Å². The number of fused-ring (bicyclic) bond motifs is 1. The molecule has 0 fully saturated rings. The molecule has 268 valence electrons. The molecule has 3 aromatic carbocycles.